The van der Waals surface area contributed by atoms with Gasteiger partial charge in [0.25, 0.3) is 5.79 Å². The van der Waals surface area contributed by atoms with Crippen molar-refractivity contribution < 1.29 is 110 Å². The molecule has 2 N–H and O–H groups in total. The van der Waals surface area contributed by atoms with E-state index in [0.29, 0.717) is 12.2 Å². The van der Waals surface area contributed by atoms with E-state index in [4.69, 9.17) is 75.8 Å². The summed E-state index contributed by atoms with van der Waals surface area (Å²) in [5, 5.41) is 15.9. The fourth-order valence-electron chi connectivity index (χ4n) is 11.5. The lowest BCUT2D eigenvalue weighted by molar-refractivity contribution is -0.395. The average molecular weight is 1370 g/mol. The molecule has 526 valence electrons. The maximum Gasteiger partial charge on any atom is 0.366 e. The first-order chi connectivity index (χ1) is 46.6. The van der Waals surface area contributed by atoms with Crippen LogP contribution < -0.4 is 5.32 Å². The Bertz CT molecular complexity index is 3240. The van der Waals surface area contributed by atoms with Gasteiger partial charge >= 0.3 is 29.8 Å². The standard InChI is InChI=1S/C72H91NO23Si/c1-46(74)73-60-56(89-48(3)76)37-72(71(80)81-6,95-64(60)62(91-50(5)78)59(90-49(4)77)45-85-47(2)75)96-65-61(79)57(43-82-38-51-25-15-10-16-26-51)92-70(67(65)87-41-54-31-21-13-22-32-54)94-63-58(44-83-39-52-27-17-11-18-28-52)93-69(84-35-36-97(7,8)9)68(88-42-55-33-23-14-24-34-55)66(63)86-40-53-29-19-12-20-30-53/h10-34,56-70,79H,35-45H2,1-9H3,(H,73,74)/t56-,57+,58+,59+,60+,61-,62+,63+,64+,65-,66-,67+,68+,69+,70-,72+/m0/s1. The third kappa shape index (κ3) is 22.9. The highest BCUT2D eigenvalue weighted by molar-refractivity contribution is 6.76. The second-order valence-electron chi connectivity index (χ2n) is 25.2. The van der Waals surface area contributed by atoms with Crippen molar-refractivity contribution in [1.82, 2.24) is 5.32 Å². The number of esters is 5. The van der Waals surface area contributed by atoms with Crippen LogP contribution in [0.1, 0.15) is 68.9 Å². The van der Waals surface area contributed by atoms with Crippen LogP contribution in [-0.4, -0.2) is 180 Å². The number of amides is 1. The second-order valence-corrected chi connectivity index (χ2v) is 30.8. The minimum atomic E-state index is -2.90. The van der Waals surface area contributed by atoms with E-state index < -0.39 is 155 Å². The van der Waals surface area contributed by atoms with Gasteiger partial charge in [-0.25, -0.2) is 4.79 Å². The van der Waals surface area contributed by atoms with Crippen molar-refractivity contribution in [1.29, 1.82) is 0 Å². The smallest absolute Gasteiger partial charge is 0.366 e. The highest BCUT2D eigenvalue weighted by atomic mass is 28.3. The van der Waals surface area contributed by atoms with Gasteiger partial charge in [0.15, 0.2) is 24.8 Å². The van der Waals surface area contributed by atoms with Gasteiger partial charge in [-0.3, -0.25) is 24.0 Å². The zero-order valence-electron chi connectivity index (χ0n) is 56.3. The van der Waals surface area contributed by atoms with Crippen LogP contribution >= 0.6 is 0 Å². The van der Waals surface area contributed by atoms with Gasteiger partial charge in [-0.05, 0) is 33.9 Å². The van der Waals surface area contributed by atoms with Gasteiger partial charge < -0.3 is 86.2 Å². The van der Waals surface area contributed by atoms with Crippen LogP contribution in [0.4, 0.5) is 0 Å². The molecule has 1 amide bonds. The van der Waals surface area contributed by atoms with Crippen LogP contribution in [0.15, 0.2) is 152 Å². The Morgan fingerprint density at radius 1 is 0.557 bits per heavy atom. The molecule has 5 aromatic carbocycles. The molecule has 16 atom stereocenters. The number of rotatable bonds is 34. The van der Waals surface area contributed by atoms with Gasteiger partial charge in [0.2, 0.25) is 5.91 Å². The number of ether oxygens (including phenoxy) is 16. The first-order valence-corrected chi connectivity index (χ1v) is 36.1. The highest BCUT2D eigenvalue weighted by Crippen LogP contribution is 2.42. The molecule has 3 fully saturated rings. The molecule has 25 heteroatoms. The monoisotopic (exact) mass is 1370 g/mol. The molecule has 5 aromatic rings. The van der Waals surface area contributed by atoms with Crippen LogP contribution in [0.5, 0.6) is 0 Å². The molecule has 0 radical (unpaired) electrons. The van der Waals surface area contributed by atoms with Crippen molar-refractivity contribution in [2.75, 3.05) is 33.5 Å². The first-order valence-electron chi connectivity index (χ1n) is 32.4. The molecule has 0 bridgehead atoms. The van der Waals surface area contributed by atoms with Gasteiger partial charge in [0.1, 0.15) is 67.6 Å². The van der Waals surface area contributed by atoms with Crippen LogP contribution in [0.3, 0.4) is 0 Å². The second kappa shape index (κ2) is 37.0. The third-order valence-electron chi connectivity index (χ3n) is 16.1. The summed E-state index contributed by atoms with van der Waals surface area (Å²) in [4.78, 5) is 80.7. The summed E-state index contributed by atoms with van der Waals surface area (Å²) in [5.74, 6) is -8.62. The highest BCUT2D eigenvalue weighted by Gasteiger charge is 2.63. The Balaban J connectivity index is 1.31. The molecule has 0 aromatic heterocycles. The molecule has 0 unspecified atom stereocenters. The van der Waals surface area contributed by atoms with Crippen molar-refractivity contribution >= 4 is 43.8 Å². The maximum atomic E-state index is 15.3. The zero-order valence-corrected chi connectivity index (χ0v) is 57.3. The number of carbonyl (C=O) groups is 6. The van der Waals surface area contributed by atoms with E-state index in [0.717, 1.165) is 70.0 Å². The maximum absolute atomic E-state index is 15.3. The number of aliphatic hydroxyl groups is 1. The number of aliphatic hydroxyl groups excluding tert-OH is 1. The van der Waals surface area contributed by atoms with E-state index in [1.807, 2.05) is 127 Å². The summed E-state index contributed by atoms with van der Waals surface area (Å²) in [7, 11) is -0.691. The van der Waals surface area contributed by atoms with E-state index in [9.17, 15) is 29.1 Å². The van der Waals surface area contributed by atoms with Gasteiger partial charge in [0.05, 0.1) is 65.8 Å². The number of methoxy groups -OCH3 is 1. The lowest BCUT2D eigenvalue weighted by Crippen LogP contribution is -2.72. The Morgan fingerprint density at radius 2 is 1.02 bits per heavy atom. The van der Waals surface area contributed by atoms with Crippen molar-refractivity contribution in [3.63, 3.8) is 0 Å². The van der Waals surface area contributed by atoms with Crippen molar-refractivity contribution in [2.24, 2.45) is 0 Å². The average Bonchev–Trinajstić information content (AvgIpc) is 0.748. The van der Waals surface area contributed by atoms with Crippen LogP contribution in [0, 0.1) is 0 Å². The molecule has 3 aliphatic heterocycles. The predicted molar refractivity (Wildman–Crippen MR) is 350 cm³/mol. The van der Waals surface area contributed by atoms with Gasteiger partial charge in [0, 0.05) is 49.3 Å². The van der Waals surface area contributed by atoms with Gasteiger partial charge in [-0.1, -0.05) is 171 Å². The zero-order chi connectivity index (χ0) is 69.5. The van der Waals surface area contributed by atoms with Crippen molar-refractivity contribution in [2.45, 2.75) is 197 Å². The largest absolute Gasteiger partial charge is 0.465 e. The molecule has 3 aliphatic rings. The molecule has 97 heavy (non-hydrogen) atoms. The van der Waals surface area contributed by atoms with E-state index in [1.54, 1.807) is 24.3 Å². The van der Waals surface area contributed by atoms with Crippen molar-refractivity contribution in [3.8, 4) is 0 Å². The minimum Gasteiger partial charge on any atom is -0.465 e. The number of hydrogen-bond acceptors (Lipinski definition) is 23. The molecule has 0 spiro atoms. The fourth-order valence-corrected chi connectivity index (χ4v) is 12.3. The number of nitrogens with one attached hydrogen (secondary N) is 1. The number of carbonyl (C=O) groups excluding carboxylic acids is 6. The van der Waals surface area contributed by atoms with Gasteiger partial charge in [-0.15, -0.1) is 0 Å². The van der Waals surface area contributed by atoms with E-state index >= 15 is 4.79 Å². The Kier molecular flexibility index (Phi) is 28.8. The molecule has 8 rings (SSSR count). The van der Waals surface area contributed by atoms with Crippen LogP contribution in [0.25, 0.3) is 0 Å². The SMILES string of the molecule is COC(=O)[C@]1(O[C@H]2[C@@H](O)[C@@H](COCc3ccccc3)O[C@@H](O[C@H]3[C@H](OCc4ccccc4)[C@@H](OCc4ccccc4)[C@H](OCC[Si](C)(C)C)O[C@@H]3COCc3ccccc3)[C@@H]2OCc2ccccc2)C[C@H](OC(C)=O)[C@@H](NC(C)=O)[C@H]([C@H](OC(C)=O)[C@@H](COC(C)=O)OC(C)=O)O1. The lowest BCUT2D eigenvalue weighted by atomic mass is 9.87. The third-order valence-corrected chi connectivity index (χ3v) is 17.8. The number of benzene rings is 5. The molecule has 24 nitrogen and oxygen atoms in total. The summed E-state index contributed by atoms with van der Waals surface area (Å²) in [6.45, 7) is 11.3. The molecular weight excluding hydrogens is 1270 g/mol. The molecule has 3 heterocycles. The van der Waals surface area contributed by atoms with Gasteiger partial charge in [-0.2, -0.15) is 0 Å². The Labute approximate surface area is 566 Å². The van der Waals surface area contributed by atoms with Crippen LogP contribution in [0.2, 0.25) is 25.7 Å². The molecule has 0 saturated carbocycles. The van der Waals surface area contributed by atoms with Crippen LogP contribution in [-0.2, 0) is 138 Å². The fraction of sp³-hybridized carbons (Fsp3) is 0.500. The first kappa shape index (κ1) is 75.4. The Hall–Kier alpha value is -7.34. The predicted octanol–water partition coefficient (Wildman–Crippen LogP) is 7.63. The molecule has 0 aliphatic carbocycles. The Morgan fingerprint density at radius 3 is 1.47 bits per heavy atom. The normalized spacial score (nSPS) is 26.3. The number of hydrogen-bond donors (Lipinski definition) is 2. The van der Waals surface area contributed by atoms with E-state index in [1.165, 1.54) is 0 Å². The summed E-state index contributed by atoms with van der Waals surface area (Å²) in [6, 6.07) is 46.1. The lowest BCUT2D eigenvalue weighted by Gasteiger charge is -2.52. The van der Waals surface area contributed by atoms with E-state index in [2.05, 4.69) is 25.0 Å². The van der Waals surface area contributed by atoms with Crippen molar-refractivity contribution in [3.05, 3.63) is 179 Å². The molecule has 3 saturated heterocycles. The van der Waals surface area contributed by atoms with E-state index in [-0.39, 0.29) is 46.2 Å². The molecular formula is C72H91NO23Si. The summed E-state index contributed by atoms with van der Waals surface area (Å²) in [5.41, 5.74) is 3.92. The summed E-state index contributed by atoms with van der Waals surface area (Å²) < 4.78 is 105. The topological polar surface area (TPSA) is 282 Å². The summed E-state index contributed by atoms with van der Waals surface area (Å²) >= 11 is 0. The summed E-state index contributed by atoms with van der Waals surface area (Å²) in [6.07, 6.45) is -22.1. The quantitative estimate of drug-likeness (QED) is 0.0227. The minimum absolute atomic E-state index is 0.0322.